The maximum Gasteiger partial charge on any atom is 0.216 e. The average molecular weight is 448 g/mol. The SMILES string of the molecule is CC(C)NS(=O)(=O)Cc1ccccc1CNc1nc(-c2ccncc2)nc2ccccc12. The molecule has 0 aliphatic carbocycles. The molecule has 7 nitrogen and oxygen atoms in total. The minimum atomic E-state index is -3.43. The predicted octanol–water partition coefficient (Wildman–Crippen LogP) is 4.13. The van der Waals surface area contributed by atoms with Crippen molar-refractivity contribution < 1.29 is 8.42 Å². The molecule has 32 heavy (non-hydrogen) atoms. The highest BCUT2D eigenvalue weighted by molar-refractivity contribution is 7.88. The molecule has 0 radical (unpaired) electrons. The standard InChI is InChI=1S/C24H25N5O2S/c1-17(2)29-32(30,31)16-20-8-4-3-7-19(20)15-26-24-21-9-5-6-10-22(21)27-23(28-24)18-11-13-25-14-12-18/h3-14,17,29H,15-16H2,1-2H3,(H,26,27,28). The Bertz CT molecular complexity index is 1320. The number of anilines is 1. The van der Waals surface area contributed by atoms with E-state index in [-0.39, 0.29) is 11.8 Å². The summed E-state index contributed by atoms with van der Waals surface area (Å²) in [5.74, 6) is 1.22. The van der Waals surface area contributed by atoms with Crippen molar-refractivity contribution >= 4 is 26.7 Å². The van der Waals surface area contributed by atoms with E-state index in [0.29, 0.717) is 18.2 Å². The van der Waals surface area contributed by atoms with E-state index in [1.165, 1.54) is 0 Å². The van der Waals surface area contributed by atoms with Gasteiger partial charge >= 0.3 is 0 Å². The molecule has 2 heterocycles. The summed E-state index contributed by atoms with van der Waals surface area (Å²) in [6.45, 7) is 4.06. The third kappa shape index (κ3) is 5.27. The van der Waals surface area contributed by atoms with E-state index >= 15 is 0 Å². The first-order valence-corrected chi connectivity index (χ1v) is 12.0. The van der Waals surface area contributed by atoms with Crippen molar-refractivity contribution in [2.24, 2.45) is 0 Å². The van der Waals surface area contributed by atoms with Crippen molar-refractivity contribution in [3.63, 3.8) is 0 Å². The number of hydrogen-bond acceptors (Lipinski definition) is 6. The summed E-state index contributed by atoms with van der Waals surface area (Å²) in [5, 5.41) is 4.30. The minimum Gasteiger partial charge on any atom is -0.365 e. The first-order valence-electron chi connectivity index (χ1n) is 10.4. The molecule has 2 aromatic heterocycles. The monoisotopic (exact) mass is 447 g/mol. The van der Waals surface area contributed by atoms with Gasteiger partial charge in [-0.05, 0) is 49.2 Å². The van der Waals surface area contributed by atoms with Crippen LogP contribution in [0, 0.1) is 0 Å². The van der Waals surface area contributed by atoms with Gasteiger partial charge in [0.15, 0.2) is 5.82 Å². The van der Waals surface area contributed by atoms with Crippen LogP contribution in [0.2, 0.25) is 0 Å². The number of fused-ring (bicyclic) bond motifs is 1. The van der Waals surface area contributed by atoms with Gasteiger partial charge in [-0.25, -0.2) is 23.1 Å². The van der Waals surface area contributed by atoms with Crippen LogP contribution >= 0.6 is 0 Å². The molecule has 0 aliphatic rings. The number of sulfonamides is 1. The van der Waals surface area contributed by atoms with Crippen LogP contribution in [0.15, 0.2) is 73.1 Å². The lowest BCUT2D eigenvalue weighted by atomic mass is 10.1. The Labute approximate surface area is 188 Å². The van der Waals surface area contributed by atoms with Crippen LogP contribution in [-0.4, -0.2) is 29.4 Å². The summed E-state index contributed by atoms with van der Waals surface area (Å²) in [6.07, 6.45) is 3.42. The second-order valence-corrected chi connectivity index (χ2v) is 9.56. The molecule has 0 bridgehead atoms. The van der Waals surface area contributed by atoms with Crippen LogP contribution in [0.5, 0.6) is 0 Å². The highest BCUT2D eigenvalue weighted by atomic mass is 32.2. The van der Waals surface area contributed by atoms with Crippen molar-refractivity contribution in [3.8, 4) is 11.4 Å². The zero-order valence-corrected chi connectivity index (χ0v) is 18.8. The second-order valence-electron chi connectivity index (χ2n) is 7.80. The van der Waals surface area contributed by atoms with E-state index in [1.54, 1.807) is 12.4 Å². The molecule has 0 saturated heterocycles. The van der Waals surface area contributed by atoms with Gasteiger partial charge in [-0.2, -0.15) is 0 Å². The molecule has 2 aromatic carbocycles. The summed E-state index contributed by atoms with van der Waals surface area (Å²) in [4.78, 5) is 13.5. The van der Waals surface area contributed by atoms with Crippen molar-refractivity contribution in [1.82, 2.24) is 19.7 Å². The maximum absolute atomic E-state index is 12.5. The average Bonchev–Trinajstić information content (AvgIpc) is 2.77. The third-order valence-corrected chi connectivity index (χ3v) is 6.39. The van der Waals surface area contributed by atoms with Gasteiger partial charge in [-0.3, -0.25) is 4.98 Å². The molecule has 0 saturated carbocycles. The Morgan fingerprint density at radius 3 is 2.31 bits per heavy atom. The van der Waals surface area contributed by atoms with Gasteiger partial charge in [0, 0.05) is 35.9 Å². The van der Waals surface area contributed by atoms with Crippen LogP contribution in [0.3, 0.4) is 0 Å². The second kappa shape index (κ2) is 9.42. The number of rotatable bonds is 8. The summed E-state index contributed by atoms with van der Waals surface area (Å²) in [6, 6.07) is 18.9. The van der Waals surface area contributed by atoms with Gasteiger partial charge in [0.1, 0.15) is 5.82 Å². The quantitative estimate of drug-likeness (QED) is 0.422. The lowest BCUT2D eigenvalue weighted by molar-refractivity contribution is 0.569. The third-order valence-electron chi connectivity index (χ3n) is 4.87. The van der Waals surface area contributed by atoms with E-state index in [9.17, 15) is 8.42 Å². The molecule has 4 rings (SSSR count). The summed E-state index contributed by atoms with van der Waals surface area (Å²) < 4.78 is 27.6. The first-order chi connectivity index (χ1) is 15.4. The zero-order chi connectivity index (χ0) is 22.6. The number of nitrogens with one attached hydrogen (secondary N) is 2. The highest BCUT2D eigenvalue weighted by Crippen LogP contribution is 2.25. The lowest BCUT2D eigenvalue weighted by Gasteiger charge is -2.15. The molecule has 0 spiro atoms. The van der Waals surface area contributed by atoms with Crippen molar-refractivity contribution in [2.75, 3.05) is 5.32 Å². The van der Waals surface area contributed by atoms with Crippen LogP contribution < -0.4 is 10.0 Å². The first kappa shape index (κ1) is 21.9. The van der Waals surface area contributed by atoms with Crippen LogP contribution in [-0.2, 0) is 22.3 Å². The molecule has 0 unspecified atom stereocenters. The van der Waals surface area contributed by atoms with Crippen molar-refractivity contribution in [3.05, 3.63) is 84.2 Å². The summed E-state index contributed by atoms with van der Waals surface area (Å²) >= 11 is 0. The molecule has 2 N–H and O–H groups in total. The number of aromatic nitrogens is 3. The Morgan fingerprint density at radius 1 is 0.875 bits per heavy atom. The molecular formula is C24H25N5O2S. The van der Waals surface area contributed by atoms with Gasteiger partial charge in [-0.15, -0.1) is 0 Å². The smallest absolute Gasteiger partial charge is 0.216 e. The highest BCUT2D eigenvalue weighted by Gasteiger charge is 2.16. The van der Waals surface area contributed by atoms with Crippen LogP contribution in [0.25, 0.3) is 22.3 Å². The van der Waals surface area contributed by atoms with E-state index < -0.39 is 10.0 Å². The van der Waals surface area contributed by atoms with Crippen LogP contribution in [0.4, 0.5) is 5.82 Å². The summed E-state index contributed by atoms with van der Waals surface area (Å²) in [7, 11) is -3.43. The fraction of sp³-hybridized carbons (Fsp3) is 0.208. The maximum atomic E-state index is 12.5. The number of pyridine rings is 1. The Morgan fingerprint density at radius 2 is 1.56 bits per heavy atom. The van der Waals surface area contributed by atoms with Gasteiger partial charge in [0.25, 0.3) is 0 Å². The van der Waals surface area contributed by atoms with Gasteiger partial charge in [0.2, 0.25) is 10.0 Å². The lowest BCUT2D eigenvalue weighted by Crippen LogP contribution is -2.31. The van der Waals surface area contributed by atoms with Gasteiger partial charge in [0.05, 0.1) is 11.3 Å². The number of benzene rings is 2. The van der Waals surface area contributed by atoms with Gasteiger partial charge in [-0.1, -0.05) is 36.4 Å². The topological polar surface area (TPSA) is 96.9 Å². The van der Waals surface area contributed by atoms with Crippen molar-refractivity contribution in [1.29, 1.82) is 0 Å². The molecule has 0 atom stereocenters. The molecular weight excluding hydrogens is 422 g/mol. The molecule has 0 amide bonds. The normalized spacial score (nSPS) is 11.7. The molecule has 0 fully saturated rings. The fourth-order valence-electron chi connectivity index (χ4n) is 3.50. The van der Waals surface area contributed by atoms with Crippen molar-refractivity contribution in [2.45, 2.75) is 32.2 Å². The number of hydrogen-bond donors (Lipinski definition) is 2. The number of para-hydroxylation sites is 1. The van der Waals surface area contributed by atoms with Gasteiger partial charge < -0.3 is 5.32 Å². The molecule has 164 valence electrons. The zero-order valence-electron chi connectivity index (χ0n) is 18.0. The summed E-state index contributed by atoms with van der Waals surface area (Å²) in [5.41, 5.74) is 3.35. The minimum absolute atomic E-state index is 0.0736. The molecule has 8 heteroatoms. The van der Waals surface area contributed by atoms with E-state index in [4.69, 9.17) is 4.98 Å². The van der Waals surface area contributed by atoms with Crippen LogP contribution in [0.1, 0.15) is 25.0 Å². The Kier molecular flexibility index (Phi) is 6.43. The van der Waals surface area contributed by atoms with E-state index in [0.717, 1.165) is 27.6 Å². The van der Waals surface area contributed by atoms with E-state index in [1.807, 2.05) is 74.5 Å². The fourth-order valence-corrected chi connectivity index (χ4v) is 4.99. The number of nitrogens with zero attached hydrogens (tertiary/aromatic N) is 3. The Balaban J connectivity index is 1.64. The van der Waals surface area contributed by atoms with E-state index in [2.05, 4.69) is 20.0 Å². The predicted molar refractivity (Wildman–Crippen MR) is 127 cm³/mol. The molecule has 0 aliphatic heterocycles. The Hall–Kier alpha value is -3.36. The largest absolute Gasteiger partial charge is 0.365 e. The molecule has 4 aromatic rings.